The average Bonchev–Trinajstić information content (AvgIpc) is 2.80. The lowest BCUT2D eigenvalue weighted by molar-refractivity contribution is 0.0925. The zero-order chi connectivity index (χ0) is 14.4. The Balaban J connectivity index is 2.75. The molecule has 1 atom stereocenters. The number of hydrogen-bond acceptors (Lipinski definition) is 3. The van der Waals surface area contributed by atoms with Gasteiger partial charge in [0.05, 0.1) is 5.69 Å². The molecule has 0 saturated carbocycles. The van der Waals surface area contributed by atoms with Gasteiger partial charge in [-0.3, -0.25) is 9.48 Å². The Morgan fingerprint density at radius 3 is 2.68 bits per heavy atom. The van der Waals surface area contributed by atoms with Gasteiger partial charge in [0.1, 0.15) is 5.69 Å². The van der Waals surface area contributed by atoms with E-state index in [9.17, 15) is 4.79 Å². The summed E-state index contributed by atoms with van der Waals surface area (Å²) in [6, 6.07) is 1.92. The first-order valence-electron chi connectivity index (χ1n) is 6.99. The molecule has 5 nitrogen and oxygen atoms in total. The van der Waals surface area contributed by atoms with E-state index < -0.39 is 0 Å². The number of nitrogens with one attached hydrogen (secondary N) is 1. The van der Waals surface area contributed by atoms with E-state index in [-0.39, 0.29) is 18.6 Å². The lowest BCUT2D eigenvalue weighted by atomic mass is 10.1. The molecule has 0 radical (unpaired) electrons. The quantitative estimate of drug-likeness (QED) is 0.793. The third kappa shape index (κ3) is 4.35. The van der Waals surface area contributed by atoms with E-state index >= 15 is 0 Å². The molecule has 0 saturated heterocycles. The van der Waals surface area contributed by atoms with Gasteiger partial charge in [0, 0.05) is 19.2 Å². The molecule has 1 aromatic rings. The van der Waals surface area contributed by atoms with Crippen molar-refractivity contribution in [2.75, 3.05) is 6.61 Å². The second kappa shape index (κ2) is 7.28. The van der Waals surface area contributed by atoms with Crippen molar-refractivity contribution >= 4 is 5.91 Å². The Morgan fingerprint density at radius 2 is 2.16 bits per heavy atom. The van der Waals surface area contributed by atoms with E-state index in [4.69, 9.17) is 5.11 Å². The number of rotatable bonds is 7. The number of carbonyl (C=O) groups excluding carboxylic acids is 1. The van der Waals surface area contributed by atoms with Gasteiger partial charge in [-0.2, -0.15) is 5.10 Å². The zero-order valence-corrected chi connectivity index (χ0v) is 12.3. The van der Waals surface area contributed by atoms with Gasteiger partial charge in [-0.1, -0.05) is 13.8 Å². The molecule has 0 aromatic carbocycles. The van der Waals surface area contributed by atoms with Crippen LogP contribution in [0.2, 0.25) is 0 Å². The number of carbonyl (C=O) groups is 1. The van der Waals surface area contributed by atoms with E-state index in [1.54, 1.807) is 4.68 Å². The second-order valence-corrected chi connectivity index (χ2v) is 5.17. The molecule has 108 valence electrons. The van der Waals surface area contributed by atoms with Gasteiger partial charge >= 0.3 is 0 Å². The molecule has 2 N–H and O–H groups in total. The molecular weight excluding hydrogens is 242 g/mol. The van der Waals surface area contributed by atoms with Crippen LogP contribution in [0.3, 0.4) is 0 Å². The minimum Gasteiger partial charge on any atom is -0.396 e. The summed E-state index contributed by atoms with van der Waals surface area (Å²) in [5.74, 6) is 0.220. The second-order valence-electron chi connectivity index (χ2n) is 5.17. The van der Waals surface area contributed by atoms with Crippen molar-refractivity contribution in [1.82, 2.24) is 15.1 Å². The molecule has 1 rings (SSSR count). The summed E-state index contributed by atoms with van der Waals surface area (Å²) in [6.07, 6.45) is 1.48. The van der Waals surface area contributed by atoms with Crippen molar-refractivity contribution < 1.29 is 9.90 Å². The van der Waals surface area contributed by atoms with Crippen LogP contribution in [0.25, 0.3) is 0 Å². The maximum atomic E-state index is 12.2. The molecule has 0 spiro atoms. The number of hydrogen-bond donors (Lipinski definition) is 2. The highest BCUT2D eigenvalue weighted by Crippen LogP contribution is 2.14. The third-order valence-corrected chi connectivity index (χ3v) is 3.10. The highest BCUT2D eigenvalue weighted by Gasteiger charge is 2.17. The van der Waals surface area contributed by atoms with Crippen LogP contribution in [-0.4, -0.2) is 33.4 Å². The number of nitrogens with zero attached hydrogens (tertiary/aromatic N) is 2. The summed E-state index contributed by atoms with van der Waals surface area (Å²) in [5.41, 5.74) is 1.55. The Bertz CT molecular complexity index is 413. The maximum absolute atomic E-state index is 12.2. The summed E-state index contributed by atoms with van der Waals surface area (Å²) in [5, 5.41) is 16.2. The van der Waals surface area contributed by atoms with Crippen LogP contribution >= 0.6 is 0 Å². The van der Waals surface area contributed by atoms with E-state index in [1.807, 2.05) is 19.9 Å². The number of aromatic nitrogens is 2. The average molecular weight is 267 g/mol. The monoisotopic (exact) mass is 267 g/mol. The van der Waals surface area contributed by atoms with Crippen molar-refractivity contribution in [2.24, 2.45) is 0 Å². The summed E-state index contributed by atoms with van der Waals surface area (Å²) in [4.78, 5) is 12.2. The minimum atomic E-state index is -0.0910. The Hall–Kier alpha value is -1.36. The van der Waals surface area contributed by atoms with Gasteiger partial charge in [-0.25, -0.2) is 0 Å². The fourth-order valence-electron chi connectivity index (χ4n) is 1.91. The molecule has 19 heavy (non-hydrogen) atoms. The molecule has 0 aliphatic carbocycles. The van der Waals surface area contributed by atoms with Gasteiger partial charge in [0.2, 0.25) is 0 Å². The van der Waals surface area contributed by atoms with E-state index in [1.165, 1.54) is 0 Å². The molecule has 0 aliphatic rings. The molecule has 0 aliphatic heterocycles. The fourth-order valence-corrected chi connectivity index (χ4v) is 1.91. The molecule has 0 fully saturated rings. The van der Waals surface area contributed by atoms with Crippen molar-refractivity contribution in [3.8, 4) is 0 Å². The fraction of sp³-hybridized carbons (Fsp3) is 0.714. The largest absolute Gasteiger partial charge is 0.396 e. The summed E-state index contributed by atoms with van der Waals surface area (Å²) in [7, 11) is 0. The number of amides is 1. The summed E-state index contributed by atoms with van der Waals surface area (Å²) >= 11 is 0. The predicted octanol–water partition coefficient (Wildman–Crippen LogP) is 1.92. The third-order valence-electron chi connectivity index (χ3n) is 3.10. The first-order valence-corrected chi connectivity index (χ1v) is 6.99. The number of aliphatic hydroxyl groups excluding tert-OH is 1. The number of aliphatic hydroxyl groups is 1. The van der Waals surface area contributed by atoms with E-state index in [2.05, 4.69) is 24.3 Å². The minimum absolute atomic E-state index is 0.0577. The molecule has 1 heterocycles. The lowest BCUT2D eigenvalue weighted by Gasteiger charge is -2.13. The molecule has 0 bridgehead atoms. The summed E-state index contributed by atoms with van der Waals surface area (Å²) in [6.45, 7) is 8.89. The van der Waals surface area contributed by atoms with Crippen LogP contribution < -0.4 is 5.32 Å². The highest BCUT2D eigenvalue weighted by atomic mass is 16.3. The first kappa shape index (κ1) is 15.7. The Morgan fingerprint density at radius 1 is 1.47 bits per heavy atom. The van der Waals surface area contributed by atoms with Crippen molar-refractivity contribution in [3.63, 3.8) is 0 Å². The van der Waals surface area contributed by atoms with Crippen molar-refractivity contribution in [2.45, 2.75) is 59.0 Å². The van der Waals surface area contributed by atoms with Crippen LogP contribution in [0.1, 0.15) is 62.6 Å². The normalized spacial score (nSPS) is 12.7. The Kier molecular flexibility index (Phi) is 6.02. The van der Waals surface area contributed by atoms with E-state index in [0.29, 0.717) is 24.6 Å². The predicted molar refractivity (Wildman–Crippen MR) is 75.2 cm³/mol. The van der Waals surface area contributed by atoms with Gasteiger partial charge < -0.3 is 10.4 Å². The molecule has 1 aromatic heterocycles. The lowest BCUT2D eigenvalue weighted by Crippen LogP contribution is -2.34. The highest BCUT2D eigenvalue weighted by molar-refractivity contribution is 5.92. The van der Waals surface area contributed by atoms with Crippen molar-refractivity contribution in [1.29, 1.82) is 0 Å². The van der Waals surface area contributed by atoms with Gasteiger partial charge in [0.15, 0.2) is 0 Å². The van der Waals surface area contributed by atoms with Crippen LogP contribution in [-0.2, 0) is 6.54 Å². The first-order chi connectivity index (χ1) is 8.99. The molecule has 5 heteroatoms. The topological polar surface area (TPSA) is 67.2 Å². The van der Waals surface area contributed by atoms with E-state index in [0.717, 1.165) is 12.1 Å². The smallest absolute Gasteiger partial charge is 0.269 e. The maximum Gasteiger partial charge on any atom is 0.269 e. The van der Waals surface area contributed by atoms with Gasteiger partial charge in [0.25, 0.3) is 5.91 Å². The van der Waals surface area contributed by atoms with Crippen LogP contribution in [0.4, 0.5) is 0 Å². The standard InChI is InChI=1S/C14H25N3O2/c1-5-17-13(9-12(16-17)10(2)3)14(19)15-11(4)7-6-8-18/h9-11,18H,5-8H2,1-4H3,(H,15,19). The Labute approximate surface area is 115 Å². The van der Waals surface area contributed by atoms with Gasteiger partial charge in [-0.15, -0.1) is 0 Å². The zero-order valence-electron chi connectivity index (χ0n) is 12.3. The van der Waals surface area contributed by atoms with Gasteiger partial charge in [-0.05, 0) is 38.7 Å². The number of aryl methyl sites for hydroxylation is 1. The SMILES string of the molecule is CCn1nc(C(C)C)cc1C(=O)NC(C)CCCO. The molecular formula is C14H25N3O2. The molecule has 1 amide bonds. The van der Waals surface area contributed by atoms with Crippen LogP contribution in [0.15, 0.2) is 6.07 Å². The summed E-state index contributed by atoms with van der Waals surface area (Å²) < 4.78 is 1.74. The van der Waals surface area contributed by atoms with Crippen LogP contribution in [0, 0.1) is 0 Å². The van der Waals surface area contributed by atoms with Crippen LogP contribution in [0.5, 0.6) is 0 Å². The molecule has 1 unspecified atom stereocenters. The van der Waals surface area contributed by atoms with Crippen molar-refractivity contribution in [3.05, 3.63) is 17.5 Å².